The van der Waals surface area contributed by atoms with Crippen LogP contribution in [0.3, 0.4) is 0 Å². The monoisotopic (exact) mass is 540 g/mol. The van der Waals surface area contributed by atoms with E-state index in [2.05, 4.69) is 0 Å². The summed E-state index contributed by atoms with van der Waals surface area (Å²) in [5, 5.41) is -1.54. The highest BCUT2D eigenvalue weighted by molar-refractivity contribution is 7.25. The number of hydrogen-bond donors (Lipinski definition) is 0. The molecule has 0 amide bonds. The molecule has 2 nitrogen and oxygen atoms in total. The van der Waals surface area contributed by atoms with Gasteiger partial charge in [0.25, 0.3) is 0 Å². The molecule has 2 heterocycles. The van der Waals surface area contributed by atoms with Crippen molar-refractivity contribution >= 4 is 70.5 Å². The molecule has 0 atom stereocenters. The van der Waals surface area contributed by atoms with Crippen LogP contribution in [0.15, 0.2) is 143 Å². The Morgan fingerprint density at radius 2 is 1.18 bits per heavy atom. The van der Waals surface area contributed by atoms with Crippen molar-refractivity contribution in [3.63, 3.8) is 0 Å². The van der Waals surface area contributed by atoms with Crippen LogP contribution in [-0.2, 0) is 0 Å². The van der Waals surface area contributed by atoms with Crippen LogP contribution in [0, 0.1) is 0 Å². The van der Waals surface area contributed by atoms with E-state index in [0.717, 1.165) is 0 Å². The first-order chi connectivity index (χ1) is 28.9. The molecular weight excluding hydrogens is 494 g/mol. The molecule has 6 aromatic carbocycles. The summed E-state index contributed by atoms with van der Waals surface area (Å²) in [6, 6.07) is -19.3. The molecule has 0 radical (unpaired) electrons. The maximum absolute atomic E-state index is 9.65. The van der Waals surface area contributed by atoms with Crippen molar-refractivity contribution in [2.75, 3.05) is 4.90 Å². The van der Waals surface area contributed by atoms with E-state index in [1.807, 2.05) is 0 Å². The van der Waals surface area contributed by atoms with Crippen LogP contribution in [-0.4, -0.2) is 0 Å². The molecule has 39 heavy (non-hydrogen) atoms. The molecule has 0 N–H and O–H groups in total. The molecule has 0 bridgehead atoms. The van der Waals surface area contributed by atoms with E-state index in [1.165, 1.54) is 0 Å². The minimum Gasteiger partial charge on any atom is -0.454 e. The number of fused-ring (bicyclic) bond motifs is 6. The number of rotatable bonds is 4. The topological polar surface area (TPSA) is 16.4 Å². The van der Waals surface area contributed by atoms with Gasteiger partial charge in [0.05, 0.1) is 37.2 Å². The van der Waals surface area contributed by atoms with Gasteiger partial charge in [-0.2, -0.15) is 0 Å². The van der Waals surface area contributed by atoms with Crippen LogP contribution in [0.25, 0.3) is 53.2 Å². The fraction of sp³-hybridized carbons (Fsp3) is 0. The highest BCUT2D eigenvalue weighted by Crippen LogP contribution is 2.44. The Labute approximate surface area is 262 Å². The maximum Gasteiger partial charge on any atom is 0.159 e. The van der Waals surface area contributed by atoms with E-state index in [4.69, 9.17) is 29.1 Å². The lowest BCUT2D eigenvalue weighted by molar-refractivity contribution is 0.669. The summed E-state index contributed by atoms with van der Waals surface area (Å²) in [6.07, 6.45) is 0. The second kappa shape index (κ2) is 8.87. The summed E-state index contributed by atoms with van der Waals surface area (Å²) in [5.74, 6) is 0. The lowest BCUT2D eigenvalue weighted by Gasteiger charge is -2.26. The van der Waals surface area contributed by atoms with Gasteiger partial charge in [0, 0.05) is 42.3 Å². The predicted molar refractivity (Wildman–Crippen MR) is 167 cm³/mol. The van der Waals surface area contributed by atoms with Gasteiger partial charge < -0.3 is 9.32 Å². The van der Waals surface area contributed by atoms with Crippen LogP contribution in [0.4, 0.5) is 17.1 Å². The molecular formula is C36H23NOS. The van der Waals surface area contributed by atoms with Crippen LogP contribution < -0.4 is 4.90 Å². The van der Waals surface area contributed by atoms with E-state index in [0.29, 0.717) is 16.2 Å². The normalized spacial score (nSPS) is 19.8. The van der Waals surface area contributed by atoms with E-state index < -0.39 is 189 Å². The van der Waals surface area contributed by atoms with Crippen LogP contribution in [0.5, 0.6) is 0 Å². The maximum atomic E-state index is 9.65. The Morgan fingerprint density at radius 1 is 0.513 bits per heavy atom. The molecule has 0 aliphatic heterocycles. The Kier molecular flexibility index (Phi) is 2.07. The number of furan rings is 1. The van der Waals surface area contributed by atoms with Crippen LogP contribution in [0.2, 0.25) is 0 Å². The fourth-order valence-electron chi connectivity index (χ4n) is 4.13. The number of anilines is 3. The van der Waals surface area contributed by atoms with Gasteiger partial charge in [-0.25, -0.2) is 0 Å². The summed E-state index contributed by atoms with van der Waals surface area (Å²) in [6.45, 7) is 0. The summed E-state index contributed by atoms with van der Waals surface area (Å²) in [4.78, 5) is 0.588. The van der Waals surface area contributed by atoms with Gasteiger partial charge in [0.2, 0.25) is 0 Å². The zero-order valence-corrected chi connectivity index (χ0v) is 20.1. The molecule has 0 saturated heterocycles. The average Bonchev–Trinajstić information content (AvgIpc) is 3.85. The van der Waals surface area contributed by atoms with E-state index >= 15 is 0 Å². The van der Waals surface area contributed by atoms with Crippen molar-refractivity contribution in [1.82, 2.24) is 0 Å². The van der Waals surface area contributed by atoms with Gasteiger partial charge in [-0.05, 0) is 59.5 Å². The largest absolute Gasteiger partial charge is 0.454 e. The third-order valence-electron chi connectivity index (χ3n) is 5.82. The van der Waals surface area contributed by atoms with Crippen molar-refractivity contribution in [1.29, 1.82) is 0 Å². The smallest absolute Gasteiger partial charge is 0.159 e. The van der Waals surface area contributed by atoms with Crippen LogP contribution in [0.1, 0.15) is 31.5 Å². The SMILES string of the molecule is [2H]c1c([2H])c([2H])c(-c2c([2H])c([2H])c(N(c3c([2H])c([2H])c4sc5c([2H])c([2H])c([2H])c([2H])c5c4c3[2H])c3c([2H])c([2H])c([2H])c4c3oc3c([2H])c([2H])c([2H])c([2H])c34)c([2H])c2[2H])c([2H])c1[2H]. The first-order valence-corrected chi connectivity index (χ1v) is 12.1. The van der Waals surface area contributed by atoms with Gasteiger partial charge in [-0.1, -0.05) is 90.6 Å². The lowest BCUT2D eigenvalue weighted by Crippen LogP contribution is -2.10. The highest BCUT2D eigenvalue weighted by atomic mass is 32.1. The molecule has 8 rings (SSSR count). The molecule has 0 fully saturated rings. The first-order valence-electron chi connectivity index (χ1n) is 22.7. The molecule has 0 saturated carbocycles. The summed E-state index contributed by atoms with van der Waals surface area (Å²) in [7, 11) is 0. The summed E-state index contributed by atoms with van der Waals surface area (Å²) in [5.41, 5.74) is -5.35. The van der Waals surface area contributed by atoms with Gasteiger partial charge in [0.1, 0.15) is 5.58 Å². The molecule has 0 unspecified atom stereocenters. The van der Waals surface area contributed by atoms with Gasteiger partial charge in [0.15, 0.2) is 5.58 Å². The van der Waals surface area contributed by atoms with Gasteiger partial charge in [-0.15, -0.1) is 11.3 Å². The Balaban J connectivity index is 1.64. The first kappa shape index (κ1) is 9.11. The minimum atomic E-state index is -1.09. The molecule has 2 aromatic heterocycles. The second-order valence-electron chi connectivity index (χ2n) is 8.03. The fourth-order valence-corrected chi connectivity index (χ4v) is 5.05. The molecule has 0 spiro atoms. The van der Waals surface area contributed by atoms with Crippen molar-refractivity contribution in [2.45, 2.75) is 0 Å². The van der Waals surface area contributed by atoms with Crippen molar-refractivity contribution in [3.05, 3.63) is 139 Å². The van der Waals surface area contributed by atoms with E-state index in [1.54, 1.807) is 0 Å². The molecule has 3 heteroatoms. The van der Waals surface area contributed by atoms with E-state index in [-0.39, 0.29) is 20.2 Å². The summed E-state index contributed by atoms with van der Waals surface area (Å²) >= 11 is 0.670. The quantitative estimate of drug-likeness (QED) is 0.221. The number of para-hydroxylation sites is 2. The highest BCUT2D eigenvalue weighted by Gasteiger charge is 2.20. The molecule has 8 aromatic rings. The van der Waals surface area contributed by atoms with Crippen molar-refractivity contribution in [3.8, 4) is 11.1 Å². The number of thiophene rings is 1. The van der Waals surface area contributed by atoms with Crippen molar-refractivity contribution in [2.24, 2.45) is 0 Å². The predicted octanol–water partition coefficient (Wildman–Crippen LogP) is 11.1. The third-order valence-corrected chi connectivity index (χ3v) is 6.84. The average molecular weight is 541 g/mol. The minimum absolute atomic E-state index is 0.112. The molecule has 0 aliphatic rings. The Hall–Kier alpha value is -4.86. The third kappa shape index (κ3) is 3.63. The molecule has 0 aliphatic carbocycles. The van der Waals surface area contributed by atoms with Crippen LogP contribution >= 0.6 is 11.3 Å². The Morgan fingerprint density at radius 3 is 2.05 bits per heavy atom. The second-order valence-corrected chi connectivity index (χ2v) is 9.05. The van der Waals surface area contributed by atoms with Gasteiger partial charge in [-0.3, -0.25) is 0 Å². The number of nitrogens with zero attached hydrogens (tertiary/aromatic N) is 1. The zero-order chi connectivity index (χ0) is 45.8. The van der Waals surface area contributed by atoms with E-state index in [9.17, 15) is 6.85 Å². The molecule has 184 valence electrons. The summed E-state index contributed by atoms with van der Waals surface area (Å²) < 4.78 is 207. The van der Waals surface area contributed by atoms with Gasteiger partial charge >= 0.3 is 0 Å². The number of hydrogen-bond acceptors (Lipinski definition) is 3. The zero-order valence-electron chi connectivity index (χ0n) is 42.3. The number of benzene rings is 6. The Bertz CT molecular complexity index is 3350. The van der Waals surface area contributed by atoms with Crippen molar-refractivity contribution < 1.29 is 35.9 Å². The lowest BCUT2D eigenvalue weighted by atomic mass is 10.0. The standard InChI is InChI=1S/C36H23NOS/c1-2-9-24(10-3-1)25-17-19-26(20-18-25)37(27-21-22-35-31(23-27)29-12-5-7-16-34(29)39-35)32-14-8-13-30-28-11-4-6-15-33(28)38-36(30)32/h1-23H/i1D,2D,3D,4D,5D,6D,7D,8D,9D,10D,11D,12D,13D,14D,15D,16D,17D,18D,19D,20D,21D,22D,23D.